The molecule has 3 aliphatic rings. The third-order valence-corrected chi connectivity index (χ3v) is 6.73. The number of fused-ring (bicyclic) bond motifs is 2. The molecule has 0 radical (unpaired) electrons. The fraction of sp³-hybridized carbons (Fsp3) is 0.636. The van der Waals surface area contributed by atoms with Gasteiger partial charge in [-0.2, -0.15) is 0 Å². The van der Waals surface area contributed by atoms with Crippen molar-refractivity contribution in [1.82, 2.24) is 24.4 Å². The molecule has 1 saturated heterocycles. The highest BCUT2D eigenvalue weighted by atomic mass is 16.5. The number of carbonyl (C=O) groups excluding carboxylic acids is 2. The van der Waals surface area contributed by atoms with E-state index in [9.17, 15) is 14.4 Å². The SMILES string of the molecule is COCCC(=O)N1CCc2nc3cc([C@@H]4CCCCN4C(=O)C4CC4)[nH]n3c(=O)c2C1. The number of methoxy groups -OCH3 is 1. The summed E-state index contributed by atoms with van der Waals surface area (Å²) >= 11 is 0. The summed E-state index contributed by atoms with van der Waals surface area (Å²) in [5, 5.41) is 3.23. The van der Waals surface area contributed by atoms with Crippen LogP contribution in [0.3, 0.4) is 0 Å². The number of nitrogens with zero attached hydrogens (tertiary/aromatic N) is 4. The van der Waals surface area contributed by atoms with Crippen molar-refractivity contribution in [3.05, 3.63) is 33.4 Å². The summed E-state index contributed by atoms with van der Waals surface area (Å²) in [6, 6.07) is 1.88. The summed E-state index contributed by atoms with van der Waals surface area (Å²) in [6.07, 6.45) is 5.82. The van der Waals surface area contributed by atoms with Crippen LogP contribution in [0.25, 0.3) is 5.65 Å². The van der Waals surface area contributed by atoms with Crippen molar-refractivity contribution in [3.63, 3.8) is 0 Å². The minimum Gasteiger partial charge on any atom is -0.384 e. The van der Waals surface area contributed by atoms with Crippen molar-refractivity contribution in [2.75, 3.05) is 26.8 Å². The van der Waals surface area contributed by atoms with Gasteiger partial charge in [0.15, 0.2) is 5.65 Å². The van der Waals surface area contributed by atoms with Gasteiger partial charge < -0.3 is 14.5 Å². The Kier molecular flexibility index (Phi) is 5.29. The van der Waals surface area contributed by atoms with Gasteiger partial charge in [0.05, 0.1) is 42.6 Å². The van der Waals surface area contributed by atoms with Gasteiger partial charge in [0.1, 0.15) is 0 Å². The average molecular weight is 428 g/mol. The number of aromatic nitrogens is 3. The second-order valence-corrected chi connectivity index (χ2v) is 8.87. The van der Waals surface area contributed by atoms with E-state index in [-0.39, 0.29) is 35.9 Å². The van der Waals surface area contributed by atoms with Crippen LogP contribution in [0.5, 0.6) is 0 Å². The Hall–Kier alpha value is -2.68. The molecular weight excluding hydrogens is 398 g/mol. The van der Waals surface area contributed by atoms with Gasteiger partial charge in [0, 0.05) is 38.6 Å². The third kappa shape index (κ3) is 3.75. The van der Waals surface area contributed by atoms with Crippen LogP contribution in [0, 0.1) is 5.92 Å². The van der Waals surface area contributed by atoms with E-state index in [1.165, 1.54) is 4.52 Å². The average Bonchev–Trinajstić information content (AvgIpc) is 3.56. The van der Waals surface area contributed by atoms with E-state index >= 15 is 0 Å². The molecule has 4 heterocycles. The summed E-state index contributed by atoms with van der Waals surface area (Å²) in [4.78, 5) is 46.8. The zero-order chi connectivity index (χ0) is 21.5. The van der Waals surface area contributed by atoms with Crippen LogP contribution in [0.2, 0.25) is 0 Å². The zero-order valence-corrected chi connectivity index (χ0v) is 17.9. The maximum Gasteiger partial charge on any atom is 0.277 e. The normalized spacial score (nSPS) is 21.4. The molecule has 2 amide bonds. The van der Waals surface area contributed by atoms with E-state index in [2.05, 4.69) is 5.10 Å². The Morgan fingerprint density at radius 2 is 2.06 bits per heavy atom. The van der Waals surface area contributed by atoms with Crippen molar-refractivity contribution < 1.29 is 14.3 Å². The van der Waals surface area contributed by atoms with Gasteiger partial charge in [-0.25, -0.2) is 9.50 Å². The van der Waals surface area contributed by atoms with Gasteiger partial charge in [-0.15, -0.1) is 0 Å². The number of carbonyl (C=O) groups is 2. The van der Waals surface area contributed by atoms with E-state index in [0.717, 1.165) is 50.0 Å². The molecule has 0 bridgehead atoms. The number of aromatic amines is 1. The van der Waals surface area contributed by atoms with Gasteiger partial charge in [-0.3, -0.25) is 19.5 Å². The van der Waals surface area contributed by atoms with E-state index in [1.807, 2.05) is 11.0 Å². The Balaban J connectivity index is 1.44. The number of hydrogen-bond donors (Lipinski definition) is 1. The molecule has 5 rings (SSSR count). The first kappa shape index (κ1) is 20.2. The van der Waals surface area contributed by atoms with Gasteiger partial charge in [-0.05, 0) is 32.1 Å². The van der Waals surface area contributed by atoms with Crippen molar-refractivity contribution in [1.29, 1.82) is 0 Å². The van der Waals surface area contributed by atoms with Crippen molar-refractivity contribution >= 4 is 17.5 Å². The molecule has 9 heteroatoms. The smallest absolute Gasteiger partial charge is 0.277 e. The number of H-pyrrole nitrogens is 1. The summed E-state index contributed by atoms with van der Waals surface area (Å²) in [5.41, 5.74) is 2.63. The monoisotopic (exact) mass is 427 g/mol. The highest BCUT2D eigenvalue weighted by Gasteiger charge is 2.38. The van der Waals surface area contributed by atoms with E-state index < -0.39 is 0 Å². The maximum atomic E-state index is 13.2. The lowest BCUT2D eigenvalue weighted by atomic mass is 9.98. The van der Waals surface area contributed by atoms with Crippen LogP contribution in [-0.4, -0.2) is 63.0 Å². The predicted molar refractivity (Wildman–Crippen MR) is 112 cm³/mol. The summed E-state index contributed by atoms with van der Waals surface area (Å²) in [7, 11) is 1.57. The van der Waals surface area contributed by atoms with Gasteiger partial charge >= 0.3 is 0 Å². The Morgan fingerprint density at radius 3 is 2.84 bits per heavy atom. The molecule has 2 aromatic heterocycles. The molecule has 2 aromatic rings. The van der Waals surface area contributed by atoms with Crippen LogP contribution in [0.1, 0.15) is 61.5 Å². The number of ether oxygens (including phenoxy) is 1. The number of nitrogens with one attached hydrogen (secondary N) is 1. The Labute approximate surface area is 180 Å². The molecule has 1 atom stereocenters. The Morgan fingerprint density at radius 1 is 1.23 bits per heavy atom. The lowest BCUT2D eigenvalue weighted by Crippen LogP contribution is -2.40. The Bertz CT molecular complexity index is 1070. The molecular formula is C22H29N5O4. The van der Waals surface area contributed by atoms with E-state index in [4.69, 9.17) is 9.72 Å². The minimum atomic E-state index is -0.161. The molecule has 9 nitrogen and oxygen atoms in total. The molecule has 0 spiro atoms. The molecule has 1 saturated carbocycles. The van der Waals surface area contributed by atoms with Crippen LogP contribution < -0.4 is 5.56 Å². The van der Waals surface area contributed by atoms with Crippen molar-refractivity contribution in [3.8, 4) is 0 Å². The lowest BCUT2D eigenvalue weighted by molar-refractivity contribution is -0.136. The zero-order valence-electron chi connectivity index (χ0n) is 17.9. The molecule has 2 aliphatic heterocycles. The number of piperidine rings is 1. The van der Waals surface area contributed by atoms with Gasteiger partial charge in [-0.1, -0.05) is 0 Å². The lowest BCUT2D eigenvalue weighted by Gasteiger charge is -2.35. The molecule has 0 aromatic carbocycles. The summed E-state index contributed by atoms with van der Waals surface area (Å²) in [5.74, 6) is 0.411. The molecule has 31 heavy (non-hydrogen) atoms. The van der Waals surface area contributed by atoms with Crippen LogP contribution >= 0.6 is 0 Å². The largest absolute Gasteiger partial charge is 0.384 e. The first-order chi connectivity index (χ1) is 15.1. The standard InChI is InChI=1S/C22H29N5O4/c1-31-11-8-20(28)25-10-7-16-15(13-25)22(30)27-19(23-16)12-17(24-27)18-4-2-3-9-26(18)21(29)14-5-6-14/h12,14,18,24H,2-11,13H2,1H3/t18-/m0/s1. The predicted octanol–water partition coefficient (Wildman–Crippen LogP) is 1.41. The van der Waals surface area contributed by atoms with Crippen molar-refractivity contribution in [2.24, 2.45) is 5.92 Å². The first-order valence-corrected chi connectivity index (χ1v) is 11.3. The molecule has 1 N–H and O–H groups in total. The third-order valence-electron chi connectivity index (χ3n) is 6.73. The molecule has 166 valence electrons. The fourth-order valence-electron chi connectivity index (χ4n) is 4.81. The van der Waals surface area contributed by atoms with Crippen LogP contribution in [0.4, 0.5) is 0 Å². The fourth-order valence-corrected chi connectivity index (χ4v) is 4.81. The highest BCUT2D eigenvalue weighted by Crippen LogP contribution is 2.37. The minimum absolute atomic E-state index is 0.0133. The number of hydrogen-bond acceptors (Lipinski definition) is 5. The summed E-state index contributed by atoms with van der Waals surface area (Å²) < 4.78 is 6.48. The summed E-state index contributed by atoms with van der Waals surface area (Å²) in [6.45, 7) is 1.97. The second kappa shape index (κ2) is 8.11. The molecule has 1 aliphatic carbocycles. The van der Waals surface area contributed by atoms with Gasteiger partial charge in [0.25, 0.3) is 5.56 Å². The number of rotatable bonds is 5. The maximum absolute atomic E-state index is 13.2. The van der Waals surface area contributed by atoms with Gasteiger partial charge in [0.2, 0.25) is 11.8 Å². The number of amides is 2. The number of likely N-dealkylation sites (tertiary alicyclic amines) is 1. The second-order valence-electron chi connectivity index (χ2n) is 8.87. The quantitative estimate of drug-likeness (QED) is 0.778. The van der Waals surface area contributed by atoms with Crippen LogP contribution in [-0.2, 0) is 27.3 Å². The van der Waals surface area contributed by atoms with Crippen LogP contribution in [0.15, 0.2) is 10.9 Å². The van der Waals surface area contributed by atoms with E-state index in [1.54, 1.807) is 12.0 Å². The molecule has 2 fully saturated rings. The molecule has 0 unspecified atom stereocenters. The van der Waals surface area contributed by atoms with Crippen molar-refractivity contribution in [2.45, 2.75) is 57.5 Å². The highest BCUT2D eigenvalue weighted by molar-refractivity contribution is 5.81. The first-order valence-electron chi connectivity index (χ1n) is 11.3. The topological polar surface area (TPSA) is 100 Å². The van der Waals surface area contributed by atoms with E-state index in [0.29, 0.717) is 37.2 Å².